The molecule has 1 saturated heterocycles. The van der Waals surface area contributed by atoms with Crippen LogP contribution < -0.4 is 4.90 Å². The van der Waals surface area contributed by atoms with Crippen molar-refractivity contribution >= 4 is 12.0 Å². The van der Waals surface area contributed by atoms with Gasteiger partial charge < -0.3 is 19.0 Å². The zero-order valence-electron chi connectivity index (χ0n) is 19.9. The smallest absolute Gasteiger partial charge is 0.257 e. The Morgan fingerprint density at radius 2 is 1.70 bits per heavy atom. The van der Waals surface area contributed by atoms with E-state index in [4.69, 9.17) is 9.26 Å². The zero-order chi connectivity index (χ0) is 22.7. The molecule has 0 unspecified atom stereocenters. The number of nitrogens with zero attached hydrogens (tertiary/aromatic N) is 3. The first kappa shape index (κ1) is 22.6. The molecule has 178 valence electrons. The second-order valence-corrected chi connectivity index (χ2v) is 10.3. The lowest BCUT2D eigenvalue weighted by Gasteiger charge is -2.47. The van der Waals surface area contributed by atoms with Gasteiger partial charge in [0, 0.05) is 43.3 Å². The zero-order valence-corrected chi connectivity index (χ0v) is 19.9. The second-order valence-electron chi connectivity index (χ2n) is 10.3. The van der Waals surface area contributed by atoms with E-state index >= 15 is 0 Å². The van der Waals surface area contributed by atoms with E-state index in [1.807, 2.05) is 7.11 Å². The van der Waals surface area contributed by atoms with Crippen LogP contribution in [0.1, 0.15) is 82.4 Å². The quantitative estimate of drug-likeness (QED) is 0.519. The number of hydrogen-bond donors (Lipinski definition) is 0. The van der Waals surface area contributed by atoms with Crippen LogP contribution in [-0.4, -0.2) is 42.2 Å². The van der Waals surface area contributed by atoms with Gasteiger partial charge in [-0.3, -0.25) is 0 Å². The van der Waals surface area contributed by atoms with Crippen LogP contribution in [0.5, 0.6) is 0 Å². The third-order valence-corrected chi connectivity index (χ3v) is 8.62. The molecular weight excluding hydrogens is 414 g/mol. The summed E-state index contributed by atoms with van der Waals surface area (Å²) in [5, 5.41) is 4.25. The third-order valence-electron chi connectivity index (χ3n) is 8.62. The lowest BCUT2D eigenvalue weighted by Crippen LogP contribution is -2.50. The summed E-state index contributed by atoms with van der Waals surface area (Å²) in [4.78, 5) is 18.2. The number of anilines is 1. The molecule has 6 heteroatoms. The van der Waals surface area contributed by atoms with Crippen molar-refractivity contribution in [2.24, 2.45) is 11.8 Å². The van der Waals surface area contributed by atoms with Gasteiger partial charge in [-0.25, -0.2) is 0 Å². The van der Waals surface area contributed by atoms with Crippen LogP contribution in [-0.2, 0) is 9.53 Å². The molecule has 5 rings (SSSR count). The summed E-state index contributed by atoms with van der Waals surface area (Å²) >= 11 is 0. The SMILES string of the molecule is COC1(C2CCCCC2)CCN(c2ccc(-c3nc([C@H]4CC[C@H](C=O)CC4)no3)cc2)CC1. The lowest BCUT2D eigenvalue weighted by molar-refractivity contribution is -0.111. The van der Waals surface area contributed by atoms with Crippen molar-refractivity contribution in [3.63, 3.8) is 0 Å². The molecule has 0 radical (unpaired) electrons. The van der Waals surface area contributed by atoms with Crippen molar-refractivity contribution in [3.05, 3.63) is 30.1 Å². The minimum absolute atomic E-state index is 0.0713. The molecular formula is C27H37N3O3. The van der Waals surface area contributed by atoms with Crippen LogP contribution >= 0.6 is 0 Å². The lowest BCUT2D eigenvalue weighted by atomic mass is 9.72. The molecule has 3 fully saturated rings. The van der Waals surface area contributed by atoms with Gasteiger partial charge >= 0.3 is 0 Å². The predicted octanol–water partition coefficient (Wildman–Crippen LogP) is 5.78. The molecule has 0 atom stereocenters. The molecule has 3 aliphatic rings. The normalized spacial score (nSPS) is 26.3. The van der Waals surface area contributed by atoms with Crippen molar-refractivity contribution in [2.75, 3.05) is 25.1 Å². The summed E-state index contributed by atoms with van der Waals surface area (Å²) in [6.45, 7) is 2.08. The molecule has 1 aliphatic heterocycles. The monoisotopic (exact) mass is 451 g/mol. The van der Waals surface area contributed by atoms with Gasteiger partial charge in [-0.05, 0) is 81.5 Å². The van der Waals surface area contributed by atoms with E-state index in [9.17, 15) is 4.79 Å². The van der Waals surface area contributed by atoms with Crippen LogP contribution in [0.15, 0.2) is 28.8 Å². The Labute approximate surface area is 197 Å². The number of carbonyl (C=O) groups excluding carboxylic acids is 1. The minimum Gasteiger partial charge on any atom is -0.378 e. The number of piperidine rings is 1. The second kappa shape index (κ2) is 9.96. The number of hydrogen-bond acceptors (Lipinski definition) is 6. The highest BCUT2D eigenvalue weighted by Gasteiger charge is 2.42. The molecule has 1 aromatic heterocycles. The highest BCUT2D eigenvalue weighted by atomic mass is 16.5. The fourth-order valence-electron chi connectivity index (χ4n) is 6.40. The number of methoxy groups -OCH3 is 1. The largest absolute Gasteiger partial charge is 0.378 e. The molecule has 0 N–H and O–H groups in total. The summed E-state index contributed by atoms with van der Waals surface area (Å²) < 4.78 is 11.8. The number of aromatic nitrogens is 2. The molecule has 2 aromatic rings. The number of benzene rings is 1. The van der Waals surface area contributed by atoms with Crippen molar-refractivity contribution in [1.29, 1.82) is 0 Å². The maximum atomic E-state index is 11.0. The average molecular weight is 452 g/mol. The van der Waals surface area contributed by atoms with Crippen LogP contribution in [0.2, 0.25) is 0 Å². The van der Waals surface area contributed by atoms with E-state index in [0.717, 1.165) is 75.2 Å². The van der Waals surface area contributed by atoms with Crippen molar-refractivity contribution in [3.8, 4) is 11.5 Å². The fraction of sp³-hybridized carbons (Fsp3) is 0.667. The molecule has 6 nitrogen and oxygen atoms in total. The summed E-state index contributed by atoms with van der Waals surface area (Å²) in [7, 11) is 1.92. The van der Waals surface area contributed by atoms with E-state index in [2.05, 4.69) is 39.3 Å². The summed E-state index contributed by atoms with van der Waals surface area (Å²) in [5.74, 6) is 2.60. The molecule has 0 bridgehead atoms. The van der Waals surface area contributed by atoms with Gasteiger partial charge in [-0.15, -0.1) is 0 Å². The standard InChI is InChI=1S/C27H37N3O3/c1-32-27(23-5-3-2-4-6-23)15-17-30(18-16-27)24-13-11-22(12-14-24)26-28-25(29-33-26)21-9-7-20(19-31)8-10-21/h11-14,19-21,23H,2-10,15-18H2,1H3/t20-,21-. The molecule has 33 heavy (non-hydrogen) atoms. The molecule has 0 amide bonds. The van der Waals surface area contributed by atoms with Gasteiger partial charge in [0.1, 0.15) is 6.29 Å². The van der Waals surface area contributed by atoms with Crippen LogP contribution in [0.4, 0.5) is 5.69 Å². The summed E-state index contributed by atoms with van der Waals surface area (Å²) in [6.07, 6.45) is 13.8. The van der Waals surface area contributed by atoms with Gasteiger partial charge in [0.05, 0.1) is 5.60 Å². The Morgan fingerprint density at radius 1 is 1.00 bits per heavy atom. The van der Waals surface area contributed by atoms with Gasteiger partial charge in [-0.2, -0.15) is 4.98 Å². The molecule has 2 aliphatic carbocycles. The maximum Gasteiger partial charge on any atom is 0.257 e. The third kappa shape index (κ3) is 4.72. The topological polar surface area (TPSA) is 68.5 Å². The van der Waals surface area contributed by atoms with Gasteiger partial charge in [-0.1, -0.05) is 24.4 Å². The van der Waals surface area contributed by atoms with E-state index in [0.29, 0.717) is 11.8 Å². The Hall–Kier alpha value is -2.21. The van der Waals surface area contributed by atoms with Crippen molar-refractivity contribution in [2.45, 2.75) is 82.1 Å². The Balaban J connectivity index is 1.20. The first-order valence-corrected chi connectivity index (χ1v) is 12.9. The maximum absolute atomic E-state index is 11.0. The summed E-state index contributed by atoms with van der Waals surface area (Å²) in [6, 6.07) is 8.54. The molecule has 0 spiro atoms. The summed E-state index contributed by atoms with van der Waals surface area (Å²) in [5.41, 5.74) is 2.28. The van der Waals surface area contributed by atoms with Gasteiger partial charge in [0.25, 0.3) is 5.89 Å². The first-order valence-electron chi connectivity index (χ1n) is 12.9. The van der Waals surface area contributed by atoms with Crippen LogP contribution in [0, 0.1) is 11.8 Å². The first-order chi connectivity index (χ1) is 16.2. The van der Waals surface area contributed by atoms with E-state index in [-0.39, 0.29) is 11.5 Å². The van der Waals surface area contributed by atoms with E-state index < -0.39 is 0 Å². The molecule has 1 aromatic carbocycles. The number of carbonyl (C=O) groups is 1. The van der Waals surface area contributed by atoms with Crippen LogP contribution in [0.25, 0.3) is 11.5 Å². The van der Waals surface area contributed by atoms with Crippen molar-refractivity contribution in [1.82, 2.24) is 10.1 Å². The molecule has 2 saturated carbocycles. The van der Waals surface area contributed by atoms with E-state index in [1.54, 1.807) is 0 Å². The number of rotatable bonds is 6. The minimum atomic E-state index is 0.0713. The Bertz CT molecular complexity index is 903. The highest BCUT2D eigenvalue weighted by Crippen LogP contribution is 2.42. The number of aldehydes is 1. The predicted molar refractivity (Wildman–Crippen MR) is 128 cm³/mol. The van der Waals surface area contributed by atoms with Crippen LogP contribution in [0.3, 0.4) is 0 Å². The molecule has 2 heterocycles. The average Bonchev–Trinajstić information content (AvgIpc) is 3.40. The highest BCUT2D eigenvalue weighted by molar-refractivity contribution is 5.59. The Morgan fingerprint density at radius 3 is 2.33 bits per heavy atom. The van der Waals surface area contributed by atoms with Gasteiger partial charge in [0.2, 0.25) is 0 Å². The fourth-order valence-corrected chi connectivity index (χ4v) is 6.40. The van der Waals surface area contributed by atoms with Crippen molar-refractivity contribution < 1.29 is 14.1 Å². The van der Waals surface area contributed by atoms with E-state index in [1.165, 1.54) is 37.8 Å². The number of ether oxygens (including phenoxy) is 1. The van der Waals surface area contributed by atoms with Gasteiger partial charge in [0.15, 0.2) is 5.82 Å². The Kier molecular flexibility index (Phi) is 6.81.